The van der Waals surface area contributed by atoms with Crippen molar-refractivity contribution in [3.63, 3.8) is 0 Å². The molecule has 9 nitrogen and oxygen atoms in total. The minimum atomic E-state index is -1.86. The van der Waals surface area contributed by atoms with Crippen molar-refractivity contribution in [2.75, 3.05) is 11.9 Å². The molecule has 1 heterocycles. The third kappa shape index (κ3) is 4.14. The van der Waals surface area contributed by atoms with Gasteiger partial charge in [0, 0.05) is 22.7 Å². The van der Waals surface area contributed by atoms with Crippen LogP contribution in [0.15, 0.2) is 29.1 Å². The SMILES string of the molecule is [2H]N(c1ccc2c(C(C)=O)cc(=O)[nH]c2c1)[C@@H](C=O)[C@@H](O)[C@H](O)[C@H](O)CO. The molecule has 6 N–H and O–H groups in total. The van der Waals surface area contributed by atoms with Crippen LogP contribution in [0, 0.1) is 0 Å². The molecule has 0 amide bonds. The number of H-pyrrole nitrogens is 1. The molecule has 0 spiro atoms. The van der Waals surface area contributed by atoms with Gasteiger partial charge in [0.2, 0.25) is 5.56 Å². The fourth-order valence-electron chi connectivity index (χ4n) is 2.52. The van der Waals surface area contributed by atoms with Gasteiger partial charge < -0.3 is 35.5 Å². The fraction of sp³-hybridized carbons (Fsp3) is 0.353. The number of fused-ring (bicyclic) bond motifs is 1. The molecule has 0 bridgehead atoms. The monoisotopic (exact) mass is 365 g/mol. The second-order valence-corrected chi connectivity index (χ2v) is 5.82. The van der Waals surface area contributed by atoms with Crippen LogP contribution >= 0.6 is 0 Å². The summed E-state index contributed by atoms with van der Waals surface area (Å²) in [5.41, 5.74) is 0.0124. The average molecular weight is 365 g/mol. The summed E-state index contributed by atoms with van der Waals surface area (Å²) in [6.07, 6.45) is -5.20. The number of anilines is 1. The number of nitrogens with one attached hydrogen (secondary N) is 2. The second kappa shape index (κ2) is 8.19. The molecule has 9 heteroatoms. The first kappa shape index (κ1) is 18.2. The first-order valence-corrected chi connectivity index (χ1v) is 7.77. The molecule has 0 fully saturated rings. The summed E-state index contributed by atoms with van der Waals surface area (Å²) in [4.78, 5) is 37.3. The number of aldehydes is 1. The topological polar surface area (TPSA) is 160 Å². The third-order valence-electron chi connectivity index (χ3n) is 3.92. The van der Waals surface area contributed by atoms with E-state index in [9.17, 15) is 29.7 Å². The maximum atomic E-state index is 11.7. The van der Waals surface area contributed by atoms with E-state index >= 15 is 0 Å². The summed E-state index contributed by atoms with van der Waals surface area (Å²) in [5, 5.41) is 39.2. The predicted molar refractivity (Wildman–Crippen MR) is 93.2 cm³/mol. The molecular formula is C17H20N2O7. The van der Waals surface area contributed by atoms with Crippen molar-refractivity contribution in [2.45, 2.75) is 31.3 Å². The van der Waals surface area contributed by atoms with Crippen LogP contribution in [0.3, 0.4) is 0 Å². The molecule has 0 aliphatic rings. The van der Waals surface area contributed by atoms with Crippen molar-refractivity contribution in [1.82, 2.24) is 4.98 Å². The highest BCUT2D eigenvalue weighted by atomic mass is 16.4. The van der Waals surface area contributed by atoms with E-state index in [-0.39, 0.29) is 28.8 Å². The van der Waals surface area contributed by atoms with Crippen molar-refractivity contribution in [1.29, 1.82) is 0 Å². The number of hydrogen-bond donors (Lipinski definition) is 6. The summed E-state index contributed by atoms with van der Waals surface area (Å²) in [6.45, 7) is 0.471. The van der Waals surface area contributed by atoms with E-state index in [1.54, 1.807) is 0 Å². The fourth-order valence-corrected chi connectivity index (χ4v) is 2.52. The molecule has 0 unspecified atom stereocenters. The minimum Gasteiger partial charge on any atom is -0.394 e. The van der Waals surface area contributed by atoms with Crippen LogP contribution in [0.1, 0.15) is 17.3 Å². The lowest BCUT2D eigenvalue weighted by Crippen LogP contribution is -2.49. The molecule has 1 aromatic heterocycles. The number of Topliss-reactive ketones (excluding diaryl/α,β-unsaturated/α-hetero) is 1. The summed E-state index contributed by atoms with van der Waals surface area (Å²) in [6, 6.07) is 3.81. The van der Waals surface area contributed by atoms with Crippen LogP contribution in [0.5, 0.6) is 0 Å². The largest absolute Gasteiger partial charge is 0.394 e. The zero-order valence-corrected chi connectivity index (χ0v) is 13.9. The zero-order chi connectivity index (χ0) is 20.3. The highest BCUT2D eigenvalue weighted by Crippen LogP contribution is 2.21. The number of rotatable bonds is 8. The van der Waals surface area contributed by atoms with Crippen LogP contribution in [-0.2, 0) is 4.79 Å². The van der Waals surface area contributed by atoms with Gasteiger partial charge in [-0.05, 0) is 19.1 Å². The number of pyridine rings is 1. The maximum absolute atomic E-state index is 11.7. The van der Waals surface area contributed by atoms with Gasteiger partial charge in [0.05, 0.1) is 12.1 Å². The van der Waals surface area contributed by atoms with E-state index in [1.807, 2.05) is 0 Å². The number of aromatic amines is 1. The standard InChI is InChI=1S/C17H20N2O7/c1-8(22)11-5-15(24)19-12-4-9(2-3-10(11)12)18-13(6-20)16(25)17(26)14(23)7-21/h2-6,13-14,16-18,21,23,25-26H,7H2,1H3,(H,19,24)/t13-,14+,16+,17+/m0/s1/i/hD. The Bertz CT molecular complexity index is 900. The Morgan fingerprint density at radius 1 is 1.31 bits per heavy atom. The Balaban J connectivity index is 2.44. The van der Waals surface area contributed by atoms with Crippen molar-refractivity contribution in [3.05, 3.63) is 40.2 Å². The zero-order valence-electron chi connectivity index (χ0n) is 14.9. The normalized spacial score (nSPS) is 16.4. The van der Waals surface area contributed by atoms with Gasteiger partial charge in [-0.1, -0.05) is 6.07 Å². The molecule has 26 heavy (non-hydrogen) atoms. The molecular weight excluding hydrogens is 344 g/mol. The molecule has 0 aliphatic heterocycles. The van der Waals surface area contributed by atoms with Gasteiger partial charge in [0.25, 0.3) is 0 Å². The molecule has 1 aromatic carbocycles. The van der Waals surface area contributed by atoms with Gasteiger partial charge in [-0.15, -0.1) is 0 Å². The van der Waals surface area contributed by atoms with E-state index in [0.717, 1.165) is 6.07 Å². The molecule has 0 aliphatic carbocycles. The van der Waals surface area contributed by atoms with E-state index in [2.05, 4.69) is 4.98 Å². The first-order chi connectivity index (χ1) is 12.7. The van der Waals surface area contributed by atoms with Crippen LogP contribution in [-0.4, -0.2) is 68.4 Å². The van der Waals surface area contributed by atoms with Crippen molar-refractivity contribution in [2.24, 2.45) is 0 Å². The molecule has 0 radical (unpaired) electrons. The van der Waals surface area contributed by atoms with E-state index < -0.39 is 36.5 Å². The summed E-state index contributed by atoms with van der Waals surface area (Å²) in [5.74, 6) is -0.316. The Hall–Kier alpha value is -2.59. The van der Waals surface area contributed by atoms with E-state index in [4.69, 9.17) is 6.52 Å². The number of carbonyl (C=O) groups excluding carboxylic acids is 2. The van der Waals surface area contributed by atoms with Gasteiger partial charge in [-0.3, -0.25) is 9.59 Å². The Morgan fingerprint density at radius 2 is 2.00 bits per heavy atom. The number of carbonyl (C=O) groups is 2. The second-order valence-electron chi connectivity index (χ2n) is 5.82. The molecule has 2 rings (SSSR count). The van der Waals surface area contributed by atoms with Gasteiger partial charge >= 0.3 is 0 Å². The highest BCUT2D eigenvalue weighted by molar-refractivity contribution is 6.06. The van der Waals surface area contributed by atoms with Crippen LogP contribution in [0.2, 0.25) is 1.41 Å². The van der Waals surface area contributed by atoms with Gasteiger partial charge in [-0.2, -0.15) is 0 Å². The molecule has 140 valence electrons. The summed E-state index contributed by atoms with van der Waals surface area (Å²) < 4.78 is 8.09. The lowest BCUT2D eigenvalue weighted by atomic mass is 10.0. The van der Waals surface area contributed by atoms with Gasteiger partial charge in [0.1, 0.15) is 30.6 Å². The predicted octanol–water partition coefficient (Wildman–Crippen LogP) is -1.21. The highest BCUT2D eigenvalue weighted by Gasteiger charge is 2.31. The summed E-state index contributed by atoms with van der Waals surface area (Å²) >= 11 is 0. The average Bonchev–Trinajstić information content (AvgIpc) is 2.65. The number of aliphatic hydroxyl groups excluding tert-OH is 4. The third-order valence-corrected chi connectivity index (χ3v) is 3.92. The molecule has 2 aromatic rings. The number of aromatic nitrogens is 1. The van der Waals surface area contributed by atoms with Crippen LogP contribution in [0.25, 0.3) is 10.9 Å². The Kier molecular flexibility index (Phi) is 5.74. The van der Waals surface area contributed by atoms with Crippen molar-refractivity contribution in [3.8, 4) is 0 Å². The number of benzene rings is 1. The van der Waals surface area contributed by atoms with Crippen LogP contribution < -0.4 is 10.9 Å². The van der Waals surface area contributed by atoms with Crippen molar-refractivity contribution < 1.29 is 31.4 Å². The lowest BCUT2D eigenvalue weighted by molar-refractivity contribution is -0.117. The number of hydrogen-bond acceptors (Lipinski definition) is 8. The van der Waals surface area contributed by atoms with Gasteiger partial charge in [0.15, 0.2) is 7.20 Å². The maximum Gasteiger partial charge on any atom is 0.249 e. The van der Waals surface area contributed by atoms with Crippen molar-refractivity contribution >= 4 is 28.7 Å². The Labute approximate surface area is 149 Å². The molecule has 4 atom stereocenters. The number of aliphatic hydroxyl groups is 4. The quantitative estimate of drug-likeness (QED) is 0.251. The number of ketones is 1. The van der Waals surface area contributed by atoms with E-state index in [1.165, 1.54) is 25.1 Å². The molecule has 0 saturated carbocycles. The minimum absolute atomic E-state index is 0.0840. The van der Waals surface area contributed by atoms with Crippen LogP contribution in [0.4, 0.5) is 5.69 Å². The van der Waals surface area contributed by atoms with Gasteiger partial charge in [-0.25, -0.2) is 0 Å². The van der Waals surface area contributed by atoms with E-state index in [0.29, 0.717) is 10.7 Å². The first-order valence-electron chi connectivity index (χ1n) is 8.22. The lowest BCUT2D eigenvalue weighted by Gasteiger charge is -2.26. The summed E-state index contributed by atoms with van der Waals surface area (Å²) in [7, 11) is 0. The molecule has 0 saturated heterocycles. The Morgan fingerprint density at radius 3 is 2.58 bits per heavy atom. The smallest absolute Gasteiger partial charge is 0.249 e.